The van der Waals surface area contributed by atoms with Gasteiger partial charge in [-0.05, 0) is 73.3 Å². The minimum Gasteiger partial charge on any atom is -0.455 e. The Bertz CT molecular complexity index is 5880. The van der Waals surface area contributed by atoms with Crippen LogP contribution in [0.4, 0.5) is 0 Å². The third-order valence-corrected chi connectivity index (χ3v) is 19.2. The number of nitrogens with zero attached hydrogens (tertiary/aromatic N) is 6. The zero-order chi connectivity index (χ0) is 65.1. The molecule has 0 aliphatic rings. The van der Waals surface area contributed by atoms with E-state index in [9.17, 15) is 0 Å². The van der Waals surface area contributed by atoms with Gasteiger partial charge in [0.05, 0.1) is 0 Å². The highest BCUT2D eigenvalue weighted by Gasteiger charge is 2.20. The first-order valence-corrected chi connectivity index (χ1v) is 33.5. The molecule has 0 fully saturated rings. The maximum Gasteiger partial charge on any atom is 0.164 e. The van der Waals surface area contributed by atoms with Gasteiger partial charge in [0.25, 0.3) is 0 Å². The monoisotopic (exact) mass is 1270 g/mol. The molecule has 0 saturated carbocycles. The van der Waals surface area contributed by atoms with Crippen LogP contribution in [-0.2, 0) is 0 Å². The molecular weight excluding hydrogens is 1210 g/mol. The molecule has 0 bridgehead atoms. The molecule has 0 aliphatic heterocycles. The second-order valence-electron chi connectivity index (χ2n) is 24.0. The molecule has 14 aromatic carbocycles. The fourth-order valence-corrected chi connectivity index (χ4v) is 14.3. The Morgan fingerprint density at radius 1 is 0.184 bits per heavy atom. The Morgan fingerprint density at radius 2 is 0.480 bits per heavy atom. The van der Waals surface area contributed by atoms with Crippen molar-refractivity contribution in [1.29, 1.82) is 0 Å². The first-order chi connectivity index (χ1) is 48.6. The summed E-state index contributed by atoms with van der Waals surface area (Å²) in [6.07, 6.45) is 0. The van der Waals surface area contributed by atoms with Gasteiger partial charge in [0, 0.05) is 69.9 Å². The Balaban J connectivity index is 0.000000147. The van der Waals surface area contributed by atoms with Crippen molar-refractivity contribution < 1.29 is 4.42 Å². The van der Waals surface area contributed by atoms with Gasteiger partial charge in [0.1, 0.15) is 11.2 Å². The minimum atomic E-state index is 0.614. The Hall–Kier alpha value is -12.9. The molecule has 0 N–H and O–H groups in total. The van der Waals surface area contributed by atoms with Crippen molar-refractivity contribution >= 4 is 53.4 Å². The van der Waals surface area contributed by atoms with Crippen LogP contribution in [-0.4, -0.2) is 29.9 Å². The molecule has 0 atom stereocenters. The first-order valence-electron chi connectivity index (χ1n) is 32.7. The Morgan fingerprint density at radius 3 is 0.969 bits per heavy atom. The van der Waals surface area contributed by atoms with Gasteiger partial charge in [-0.2, -0.15) is 0 Å². The highest BCUT2D eigenvalue weighted by molar-refractivity contribution is 7.26. The zero-order valence-electron chi connectivity index (χ0n) is 53.0. The molecule has 0 spiro atoms. The summed E-state index contributed by atoms with van der Waals surface area (Å²) in [6.45, 7) is 0. The fourth-order valence-electron chi connectivity index (χ4n) is 13.0. The lowest BCUT2D eigenvalue weighted by Crippen LogP contribution is -2.01. The average Bonchev–Trinajstić information content (AvgIpc) is 1.42. The summed E-state index contributed by atoms with van der Waals surface area (Å²) in [5, 5.41) is 4.87. The van der Waals surface area contributed by atoms with E-state index >= 15 is 0 Å². The van der Waals surface area contributed by atoms with Gasteiger partial charge in [0.2, 0.25) is 0 Å². The quantitative estimate of drug-likeness (QED) is 0.120. The van der Waals surface area contributed by atoms with Crippen molar-refractivity contribution in [2.75, 3.05) is 0 Å². The Labute approximate surface area is 571 Å². The predicted molar refractivity (Wildman–Crippen MR) is 405 cm³/mol. The van der Waals surface area contributed by atoms with E-state index in [0.717, 1.165) is 105 Å². The third kappa shape index (κ3) is 11.7. The van der Waals surface area contributed by atoms with Gasteiger partial charge >= 0.3 is 0 Å². The number of furan rings is 1. The van der Waals surface area contributed by atoms with Crippen molar-refractivity contribution in [3.63, 3.8) is 0 Å². The summed E-state index contributed by atoms with van der Waals surface area (Å²) >= 11 is 1.87. The van der Waals surface area contributed by atoms with E-state index in [1.54, 1.807) is 0 Å². The smallest absolute Gasteiger partial charge is 0.164 e. The second-order valence-corrected chi connectivity index (χ2v) is 25.1. The maximum atomic E-state index is 6.33. The molecule has 0 unspecified atom stereocenters. The van der Waals surface area contributed by atoms with Crippen molar-refractivity contribution in [1.82, 2.24) is 29.9 Å². The van der Waals surface area contributed by atoms with Crippen molar-refractivity contribution in [3.05, 3.63) is 352 Å². The van der Waals surface area contributed by atoms with Gasteiger partial charge < -0.3 is 4.42 Å². The van der Waals surface area contributed by atoms with Crippen LogP contribution in [0.15, 0.2) is 356 Å². The lowest BCUT2D eigenvalue weighted by atomic mass is 9.98. The molecule has 98 heavy (non-hydrogen) atoms. The van der Waals surface area contributed by atoms with E-state index in [-0.39, 0.29) is 0 Å². The molecule has 8 heteroatoms. The lowest BCUT2D eigenvalue weighted by molar-refractivity contribution is 0.670. The van der Waals surface area contributed by atoms with E-state index in [2.05, 4.69) is 273 Å². The molecule has 7 nitrogen and oxygen atoms in total. The molecule has 18 rings (SSSR count). The summed E-state index contributed by atoms with van der Waals surface area (Å²) in [4.78, 5) is 30.2. The number of rotatable bonds is 12. The van der Waals surface area contributed by atoms with Crippen LogP contribution >= 0.6 is 11.3 Å². The second kappa shape index (κ2) is 26.1. The number of thiophene rings is 1. The molecular formula is C90H58N6OS. The number of benzene rings is 14. The van der Waals surface area contributed by atoms with Crippen LogP contribution < -0.4 is 0 Å². The number of hydrogen-bond acceptors (Lipinski definition) is 8. The van der Waals surface area contributed by atoms with Crippen LogP contribution in [0.1, 0.15) is 0 Å². The number of fused-ring (bicyclic) bond motifs is 6. The fraction of sp³-hybridized carbons (Fsp3) is 0. The summed E-state index contributed by atoms with van der Waals surface area (Å²) in [5.41, 5.74) is 21.0. The summed E-state index contributed by atoms with van der Waals surface area (Å²) < 4.78 is 8.99. The molecule has 0 aliphatic carbocycles. The Kier molecular flexibility index (Phi) is 15.7. The molecule has 0 radical (unpaired) electrons. The van der Waals surface area contributed by atoms with Crippen LogP contribution in [0.2, 0.25) is 0 Å². The lowest BCUT2D eigenvalue weighted by Gasteiger charge is -2.12. The normalized spacial score (nSPS) is 11.3. The van der Waals surface area contributed by atoms with Gasteiger partial charge in [-0.25, -0.2) is 29.9 Å². The molecule has 0 amide bonds. The molecule has 4 aromatic heterocycles. The van der Waals surface area contributed by atoms with Gasteiger partial charge in [0.15, 0.2) is 34.9 Å². The van der Waals surface area contributed by atoms with Crippen LogP contribution in [0.5, 0.6) is 0 Å². The van der Waals surface area contributed by atoms with E-state index in [1.165, 1.54) is 36.9 Å². The van der Waals surface area contributed by atoms with E-state index in [0.29, 0.717) is 34.9 Å². The van der Waals surface area contributed by atoms with Crippen LogP contribution in [0.3, 0.4) is 0 Å². The molecule has 4 heterocycles. The number of para-hydroxylation sites is 2. The molecule has 18 aromatic rings. The summed E-state index contributed by atoms with van der Waals surface area (Å²) in [7, 11) is 0. The molecule has 460 valence electrons. The van der Waals surface area contributed by atoms with Crippen molar-refractivity contribution in [3.8, 4) is 135 Å². The SMILES string of the molecule is c1ccc(-c2ccc(-c3nc(-c4ccc(-c5cccc6c5oc5ccccc56)cc4)nc(-c4ccccc4-c4ccccc4)n3)cc2)cc1.c1ccc(-c2nc(-c3ccc(-c4ccc(-c5cccc6c5sc5ccccc56)cc4)cc3)nc(-c3ccccc3-c3ccccc3)n2)cc1. The zero-order valence-corrected chi connectivity index (χ0v) is 53.8. The van der Waals surface area contributed by atoms with Gasteiger partial charge in [-0.1, -0.05) is 340 Å². The van der Waals surface area contributed by atoms with Gasteiger partial charge in [-0.15, -0.1) is 11.3 Å². The number of aromatic nitrogens is 6. The first kappa shape index (κ1) is 58.9. The minimum absolute atomic E-state index is 0.614. The maximum absolute atomic E-state index is 6.33. The van der Waals surface area contributed by atoms with E-state index in [4.69, 9.17) is 34.3 Å². The average molecular weight is 1270 g/mol. The van der Waals surface area contributed by atoms with Gasteiger partial charge in [-0.3, -0.25) is 0 Å². The third-order valence-electron chi connectivity index (χ3n) is 18.0. The van der Waals surface area contributed by atoms with E-state index in [1.807, 2.05) is 90.2 Å². The van der Waals surface area contributed by atoms with Crippen molar-refractivity contribution in [2.45, 2.75) is 0 Å². The highest BCUT2D eigenvalue weighted by Crippen LogP contribution is 2.42. The summed E-state index contributed by atoms with van der Waals surface area (Å²) in [5.74, 6) is 3.81. The predicted octanol–water partition coefficient (Wildman–Crippen LogP) is 24.0. The van der Waals surface area contributed by atoms with Crippen LogP contribution in [0.25, 0.3) is 177 Å². The van der Waals surface area contributed by atoms with E-state index < -0.39 is 0 Å². The number of hydrogen-bond donors (Lipinski definition) is 0. The highest BCUT2D eigenvalue weighted by atomic mass is 32.1. The largest absolute Gasteiger partial charge is 0.455 e. The molecule has 0 saturated heterocycles. The van der Waals surface area contributed by atoms with Crippen molar-refractivity contribution in [2.24, 2.45) is 0 Å². The standard InChI is InChI=1S/C45H29N3O.C45H29N3S/c1-3-12-30(13-4-1)31-22-26-34(27-23-31)43-46-44(48-45(47-43)40-18-8-7-16-36(40)32-14-5-2-6-15-32)35-28-24-33(25-29-35)37-19-11-20-39-38-17-9-10-21-41(38)49-42(37)39;1-3-12-32(13-4-1)36-16-7-8-18-40(36)45-47-43(34-14-5-2-6-15-34)46-44(48-45)35-28-24-31(25-29-35)30-22-26-33(27-23-30)37-19-11-20-39-38-17-9-10-21-41(38)49-42(37)39/h2*1-29H. The summed E-state index contributed by atoms with van der Waals surface area (Å²) in [6, 6.07) is 122. The topological polar surface area (TPSA) is 90.5 Å². The van der Waals surface area contributed by atoms with Crippen LogP contribution in [0, 0.1) is 0 Å².